The first kappa shape index (κ1) is 29.5. The summed E-state index contributed by atoms with van der Waals surface area (Å²) < 4.78 is 103. The van der Waals surface area contributed by atoms with E-state index in [1.165, 1.54) is 17.0 Å². The van der Waals surface area contributed by atoms with Crippen molar-refractivity contribution in [1.29, 1.82) is 0 Å². The fourth-order valence-corrected chi connectivity index (χ4v) is 4.84. The van der Waals surface area contributed by atoms with E-state index < -0.39 is 43.2 Å². The quantitative estimate of drug-likeness (QED) is 0.266. The second-order valence-corrected chi connectivity index (χ2v) is 9.80. The summed E-state index contributed by atoms with van der Waals surface area (Å²) in [5.74, 6) is 0.0705. The van der Waals surface area contributed by atoms with Gasteiger partial charge in [0.2, 0.25) is 0 Å². The minimum absolute atomic E-state index is 0.0690. The standard InChI is InChI=1S/C29H28F7NO3/c1-17(2)39-20-8-3-6-18(14-20)22-10-5-11-25-23(22)12-13-24(37(25)16-26(38)28(32,33)34)19-7-4-9-21(15-19)40-29(35,36)27(30)31/h3-11,14-15,17,24,26-27,38H,12-13,16H2,1-2H3. The molecule has 0 saturated heterocycles. The van der Waals surface area contributed by atoms with Crippen LogP contribution in [0.25, 0.3) is 11.1 Å². The fraction of sp³-hybridized carbons (Fsp3) is 0.379. The van der Waals surface area contributed by atoms with Crippen LogP contribution in [-0.2, 0) is 6.42 Å². The zero-order chi connectivity index (χ0) is 29.2. The topological polar surface area (TPSA) is 41.9 Å². The van der Waals surface area contributed by atoms with E-state index in [2.05, 4.69) is 4.74 Å². The summed E-state index contributed by atoms with van der Waals surface area (Å²) in [6.45, 7) is 2.94. The Labute approximate surface area is 226 Å². The molecule has 0 aromatic heterocycles. The number of hydrogen-bond donors (Lipinski definition) is 1. The third-order valence-electron chi connectivity index (χ3n) is 6.52. The van der Waals surface area contributed by atoms with Crippen molar-refractivity contribution in [2.75, 3.05) is 11.4 Å². The Balaban J connectivity index is 1.76. The molecule has 4 nitrogen and oxygen atoms in total. The van der Waals surface area contributed by atoms with Gasteiger partial charge in [0.1, 0.15) is 11.5 Å². The van der Waals surface area contributed by atoms with E-state index in [0.29, 0.717) is 17.9 Å². The number of anilines is 1. The van der Waals surface area contributed by atoms with Gasteiger partial charge in [0.05, 0.1) is 18.7 Å². The number of nitrogens with zero attached hydrogens (tertiary/aromatic N) is 1. The number of hydrogen-bond acceptors (Lipinski definition) is 4. The molecule has 1 aliphatic heterocycles. The van der Waals surface area contributed by atoms with Crippen LogP contribution >= 0.6 is 0 Å². The summed E-state index contributed by atoms with van der Waals surface area (Å²) in [6, 6.07) is 16.6. The van der Waals surface area contributed by atoms with Crippen LogP contribution in [0.5, 0.6) is 11.5 Å². The molecule has 1 aliphatic rings. The normalized spacial score (nSPS) is 16.7. The second-order valence-electron chi connectivity index (χ2n) is 9.80. The summed E-state index contributed by atoms with van der Waals surface area (Å²) in [6.07, 6.45) is -15.8. The van der Waals surface area contributed by atoms with Crippen LogP contribution < -0.4 is 14.4 Å². The van der Waals surface area contributed by atoms with Crippen molar-refractivity contribution in [3.8, 4) is 22.6 Å². The summed E-state index contributed by atoms with van der Waals surface area (Å²) in [4.78, 5) is 1.37. The number of rotatable bonds is 9. The summed E-state index contributed by atoms with van der Waals surface area (Å²) in [5, 5.41) is 10.0. The molecule has 1 N–H and O–H groups in total. The lowest BCUT2D eigenvalue weighted by atomic mass is 9.86. The highest BCUT2D eigenvalue weighted by molar-refractivity contribution is 5.76. The molecular formula is C29H28F7NO3. The first-order chi connectivity index (χ1) is 18.8. The van der Waals surface area contributed by atoms with Crippen molar-refractivity contribution in [3.05, 3.63) is 77.9 Å². The molecule has 0 saturated carbocycles. The molecule has 4 rings (SSSR count). The number of fused-ring (bicyclic) bond motifs is 1. The smallest absolute Gasteiger partial charge is 0.461 e. The number of aliphatic hydroxyl groups is 1. The SMILES string of the molecule is CC(C)Oc1cccc(-c2cccc3c2CCC(c2cccc(OC(F)(F)C(F)F)c2)N3CC(O)C(F)(F)F)c1. The average molecular weight is 572 g/mol. The van der Waals surface area contributed by atoms with Crippen molar-refractivity contribution >= 4 is 5.69 Å². The number of ether oxygens (including phenoxy) is 2. The molecule has 2 atom stereocenters. The van der Waals surface area contributed by atoms with Crippen LogP contribution in [0.3, 0.4) is 0 Å². The van der Waals surface area contributed by atoms with Crippen LogP contribution in [0.2, 0.25) is 0 Å². The maximum absolute atomic E-state index is 13.5. The maximum atomic E-state index is 13.5. The van der Waals surface area contributed by atoms with Gasteiger partial charge in [-0.05, 0) is 79.3 Å². The third kappa shape index (κ3) is 6.63. The summed E-state index contributed by atoms with van der Waals surface area (Å²) >= 11 is 0. The monoisotopic (exact) mass is 571 g/mol. The molecule has 11 heteroatoms. The molecule has 0 amide bonds. The molecule has 40 heavy (non-hydrogen) atoms. The summed E-state index contributed by atoms with van der Waals surface area (Å²) in [5.41, 5.74) is 3.00. The first-order valence-electron chi connectivity index (χ1n) is 12.6. The van der Waals surface area contributed by atoms with Gasteiger partial charge in [0, 0.05) is 5.69 Å². The number of β-amino-alcohol motifs (C(OH)–C–C–N with tert-alkyl or cyclic N) is 1. The molecule has 0 aliphatic carbocycles. The number of benzene rings is 3. The van der Waals surface area contributed by atoms with Gasteiger partial charge in [0.25, 0.3) is 0 Å². The molecule has 0 fully saturated rings. The second kappa shape index (κ2) is 11.6. The molecule has 0 bridgehead atoms. The average Bonchev–Trinajstić information content (AvgIpc) is 2.87. The number of halogens is 7. The lowest BCUT2D eigenvalue weighted by Crippen LogP contribution is -2.44. The zero-order valence-electron chi connectivity index (χ0n) is 21.6. The van der Waals surface area contributed by atoms with Crippen LogP contribution in [0.1, 0.15) is 37.4 Å². The van der Waals surface area contributed by atoms with Crippen molar-refractivity contribution in [1.82, 2.24) is 0 Å². The molecule has 0 spiro atoms. The maximum Gasteiger partial charge on any atom is 0.461 e. The Bertz CT molecular complexity index is 1310. The van der Waals surface area contributed by atoms with Gasteiger partial charge in [-0.1, -0.05) is 36.4 Å². The largest absolute Gasteiger partial charge is 0.491 e. The van der Waals surface area contributed by atoms with Crippen molar-refractivity contribution in [2.24, 2.45) is 0 Å². The van der Waals surface area contributed by atoms with Crippen LogP contribution in [0, 0.1) is 0 Å². The van der Waals surface area contributed by atoms with Gasteiger partial charge >= 0.3 is 18.7 Å². The Kier molecular flexibility index (Phi) is 8.53. The van der Waals surface area contributed by atoms with Crippen molar-refractivity contribution in [2.45, 2.75) is 63.6 Å². The Hall–Kier alpha value is -3.47. The highest BCUT2D eigenvalue weighted by Gasteiger charge is 2.44. The van der Waals surface area contributed by atoms with Crippen molar-refractivity contribution in [3.63, 3.8) is 0 Å². The highest BCUT2D eigenvalue weighted by Crippen LogP contribution is 2.44. The molecule has 2 unspecified atom stereocenters. The van der Waals surface area contributed by atoms with E-state index in [0.717, 1.165) is 28.8 Å². The van der Waals surface area contributed by atoms with E-state index in [1.807, 2.05) is 38.1 Å². The van der Waals surface area contributed by atoms with Crippen LogP contribution in [0.15, 0.2) is 66.7 Å². The van der Waals surface area contributed by atoms with Gasteiger partial charge in [0.15, 0.2) is 6.10 Å². The van der Waals surface area contributed by atoms with E-state index in [1.54, 1.807) is 18.2 Å². The van der Waals surface area contributed by atoms with Gasteiger partial charge in [-0.15, -0.1) is 0 Å². The number of aliphatic hydroxyl groups excluding tert-OH is 1. The lowest BCUT2D eigenvalue weighted by Gasteiger charge is -2.41. The van der Waals surface area contributed by atoms with Gasteiger partial charge in [-0.2, -0.15) is 30.7 Å². The minimum atomic E-state index is -4.91. The Morgan fingerprint density at radius 1 is 0.925 bits per heavy atom. The Morgan fingerprint density at radius 2 is 1.60 bits per heavy atom. The Morgan fingerprint density at radius 3 is 2.27 bits per heavy atom. The van der Waals surface area contributed by atoms with Crippen LogP contribution in [-0.4, -0.2) is 42.6 Å². The third-order valence-corrected chi connectivity index (χ3v) is 6.52. The summed E-state index contributed by atoms with van der Waals surface area (Å²) in [7, 11) is 0. The van der Waals surface area contributed by atoms with Gasteiger partial charge in [-0.3, -0.25) is 0 Å². The zero-order valence-corrected chi connectivity index (χ0v) is 21.6. The van der Waals surface area contributed by atoms with Crippen molar-refractivity contribution < 1.29 is 45.3 Å². The molecule has 0 radical (unpaired) electrons. The van der Waals surface area contributed by atoms with E-state index in [9.17, 15) is 35.8 Å². The van der Waals surface area contributed by atoms with Gasteiger partial charge < -0.3 is 19.5 Å². The molecule has 216 valence electrons. The lowest BCUT2D eigenvalue weighted by molar-refractivity contribution is -0.253. The predicted molar refractivity (Wildman–Crippen MR) is 136 cm³/mol. The molecule has 1 heterocycles. The van der Waals surface area contributed by atoms with Gasteiger partial charge in [-0.25, -0.2) is 0 Å². The molecule has 3 aromatic carbocycles. The first-order valence-corrected chi connectivity index (χ1v) is 12.6. The van der Waals surface area contributed by atoms with E-state index in [-0.39, 0.29) is 18.1 Å². The van der Waals surface area contributed by atoms with Crippen LogP contribution in [0.4, 0.5) is 36.4 Å². The molecular weight excluding hydrogens is 543 g/mol. The molecule has 3 aromatic rings. The predicted octanol–water partition coefficient (Wildman–Crippen LogP) is 7.79. The van der Waals surface area contributed by atoms with E-state index in [4.69, 9.17) is 4.74 Å². The fourth-order valence-electron chi connectivity index (χ4n) is 4.84. The van der Waals surface area contributed by atoms with E-state index >= 15 is 0 Å². The number of alkyl halides is 7. The highest BCUT2D eigenvalue weighted by atomic mass is 19.4. The minimum Gasteiger partial charge on any atom is -0.491 e.